The summed E-state index contributed by atoms with van der Waals surface area (Å²) >= 11 is 6.12. The molecule has 1 N–H and O–H groups in total. The van der Waals surface area contributed by atoms with Gasteiger partial charge in [-0.15, -0.1) is 0 Å². The van der Waals surface area contributed by atoms with E-state index >= 15 is 0 Å². The number of hydrogen-bond acceptors (Lipinski definition) is 5. The van der Waals surface area contributed by atoms with E-state index in [1.807, 2.05) is 6.07 Å². The van der Waals surface area contributed by atoms with Crippen molar-refractivity contribution in [2.45, 2.75) is 18.9 Å². The van der Waals surface area contributed by atoms with Crippen LogP contribution in [0.2, 0.25) is 5.02 Å². The van der Waals surface area contributed by atoms with Crippen molar-refractivity contribution in [2.24, 2.45) is 0 Å². The van der Waals surface area contributed by atoms with Crippen LogP contribution < -0.4 is 9.47 Å². The molecule has 2 heterocycles. The molecule has 1 amide bonds. The lowest BCUT2D eigenvalue weighted by Crippen LogP contribution is -2.41. The number of hydrogen-bond donors (Lipinski definition) is 1. The van der Waals surface area contributed by atoms with Gasteiger partial charge in [-0.3, -0.25) is 14.6 Å². The molecule has 2 aromatic rings. The minimum atomic E-state index is -0.999. The molecule has 1 aromatic carbocycles. The van der Waals surface area contributed by atoms with Crippen molar-refractivity contribution in [3.63, 3.8) is 0 Å². The SMILES string of the molecule is COc1cc2c(cc1OC)C(CC(=O)O)N(C(=O)c1ccncc1Cl)CC2. The summed E-state index contributed by atoms with van der Waals surface area (Å²) in [5.41, 5.74) is 1.97. The Balaban J connectivity index is 2.06. The number of carboxylic acid groups (broad SMARTS) is 1. The average Bonchev–Trinajstić information content (AvgIpc) is 2.66. The molecule has 8 heteroatoms. The molecule has 1 atom stereocenters. The summed E-state index contributed by atoms with van der Waals surface area (Å²) in [4.78, 5) is 30.0. The Labute approximate surface area is 161 Å². The fourth-order valence-electron chi connectivity index (χ4n) is 3.36. The third kappa shape index (κ3) is 3.68. The second-order valence-electron chi connectivity index (χ2n) is 6.12. The lowest BCUT2D eigenvalue weighted by molar-refractivity contribution is -0.138. The smallest absolute Gasteiger partial charge is 0.305 e. The van der Waals surface area contributed by atoms with Crippen LogP contribution in [-0.2, 0) is 11.2 Å². The fourth-order valence-corrected chi connectivity index (χ4v) is 3.56. The number of aromatic nitrogens is 1. The van der Waals surface area contributed by atoms with Gasteiger partial charge in [0.05, 0.1) is 37.3 Å². The molecule has 0 saturated carbocycles. The molecule has 1 aromatic heterocycles. The molecular formula is C19H19ClN2O5. The summed E-state index contributed by atoms with van der Waals surface area (Å²) in [5.74, 6) is -0.263. The highest BCUT2D eigenvalue weighted by molar-refractivity contribution is 6.33. The van der Waals surface area contributed by atoms with Crippen LogP contribution in [-0.4, -0.2) is 47.6 Å². The first kappa shape index (κ1) is 19.0. The molecule has 1 unspecified atom stereocenters. The van der Waals surface area contributed by atoms with E-state index in [0.29, 0.717) is 30.0 Å². The van der Waals surface area contributed by atoms with E-state index in [1.54, 1.807) is 18.1 Å². The van der Waals surface area contributed by atoms with Crippen molar-refractivity contribution >= 4 is 23.5 Å². The number of nitrogens with zero attached hydrogens (tertiary/aromatic N) is 2. The van der Waals surface area contributed by atoms with E-state index in [0.717, 1.165) is 11.1 Å². The van der Waals surface area contributed by atoms with Crippen molar-refractivity contribution in [1.29, 1.82) is 0 Å². The number of carboxylic acids is 1. The number of fused-ring (bicyclic) bond motifs is 1. The van der Waals surface area contributed by atoms with Gasteiger partial charge in [0.15, 0.2) is 11.5 Å². The highest BCUT2D eigenvalue weighted by Crippen LogP contribution is 2.40. The molecule has 0 aliphatic carbocycles. The summed E-state index contributed by atoms with van der Waals surface area (Å²) in [5, 5.41) is 9.64. The summed E-state index contributed by atoms with van der Waals surface area (Å²) in [6.07, 6.45) is 3.22. The highest BCUT2D eigenvalue weighted by atomic mass is 35.5. The second kappa shape index (κ2) is 7.84. The van der Waals surface area contributed by atoms with E-state index < -0.39 is 12.0 Å². The molecule has 0 bridgehead atoms. The van der Waals surface area contributed by atoms with E-state index in [9.17, 15) is 14.7 Å². The van der Waals surface area contributed by atoms with Crippen LogP contribution in [0.15, 0.2) is 30.6 Å². The van der Waals surface area contributed by atoms with Gasteiger partial charge in [0.25, 0.3) is 5.91 Å². The van der Waals surface area contributed by atoms with Crippen LogP contribution in [0.3, 0.4) is 0 Å². The maximum absolute atomic E-state index is 13.1. The van der Waals surface area contributed by atoms with Crippen molar-refractivity contribution in [1.82, 2.24) is 9.88 Å². The molecule has 0 radical (unpaired) electrons. The second-order valence-corrected chi connectivity index (χ2v) is 6.53. The number of carbonyl (C=O) groups is 2. The largest absolute Gasteiger partial charge is 0.493 e. The number of aliphatic carboxylic acids is 1. The van der Waals surface area contributed by atoms with Crippen LogP contribution in [0.25, 0.3) is 0 Å². The third-order valence-electron chi connectivity index (χ3n) is 4.63. The van der Waals surface area contributed by atoms with Gasteiger partial charge < -0.3 is 19.5 Å². The molecular weight excluding hydrogens is 372 g/mol. The van der Waals surface area contributed by atoms with Crippen LogP contribution in [0, 0.1) is 0 Å². The number of amides is 1. The normalized spacial score (nSPS) is 15.8. The Hall–Kier alpha value is -2.80. The van der Waals surface area contributed by atoms with Gasteiger partial charge >= 0.3 is 5.97 Å². The first-order valence-electron chi connectivity index (χ1n) is 8.33. The van der Waals surface area contributed by atoms with Crippen molar-refractivity contribution in [3.05, 3.63) is 52.3 Å². The maximum atomic E-state index is 13.1. The van der Waals surface area contributed by atoms with Crippen molar-refractivity contribution in [2.75, 3.05) is 20.8 Å². The van der Waals surface area contributed by atoms with E-state index in [1.165, 1.54) is 25.6 Å². The van der Waals surface area contributed by atoms with Gasteiger partial charge in [0, 0.05) is 18.9 Å². The molecule has 3 rings (SSSR count). The van der Waals surface area contributed by atoms with Crippen molar-refractivity contribution in [3.8, 4) is 11.5 Å². The molecule has 142 valence electrons. The zero-order valence-electron chi connectivity index (χ0n) is 14.9. The van der Waals surface area contributed by atoms with Crippen molar-refractivity contribution < 1.29 is 24.2 Å². The van der Waals surface area contributed by atoms with Gasteiger partial charge in [-0.1, -0.05) is 11.6 Å². The number of halogens is 1. The highest BCUT2D eigenvalue weighted by Gasteiger charge is 2.34. The molecule has 7 nitrogen and oxygen atoms in total. The minimum absolute atomic E-state index is 0.225. The lowest BCUT2D eigenvalue weighted by Gasteiger charge is -2.37. The number of methoxy groups -OCH3 is 2. The number of carbonyl (C=O) groups excluding carboxylic acids is 1. The minimum Gasteiger partial charge on any atom is -0.493 e. The third-order valence-corrected chi connectivity index (χ3v) is 4.94. The first-order valence-corrected chi connectivity index (χ1v) is 8.71. The quantitative estimate of drug-likeness (QED) is 0.844. The van der Waals surface area contributed by atoms with Crippen LogP contribution in [0.5, 0.6) is 11.5 Å². The monoisotopic (exact) mass is 390 g/mol. The van der Waals surface area contributed by atoms with Crippen LogP contribution in [0.4, 0.5) is 0 Å². The van der Waals surface area contributed by atoms with Gasteiger partial charge in [-0.2, -0.15) is 0 Å². The Bertz CT molecular complexity index is 886. The number of rotatable bonds is 5. The maximum Gasteiger partial charge on any atom is 0.305 e. The lowest BCUT2D eigenvalue weighted by atomic mass is 9.89. The summed E-state index contributed by atoms with van der Waals surface area (Å²) in [7, 11) is 3.06. The average molecular weight is 391 g/mol. The molecule has 0 saturated heterocycles. The van der Waals surface area contributed by atoms with Gasteiger partial charge in [-0.05, 0) is 35.7 Å². The zero-order valence-corrected chi connectivity index (χ0v) is 15.7. The predicted molar refractivity (Wildman–Crippen MR) is 98.5 cm³/mol. The Kier molecular flexibility index (Phi) is 5.51. The number of benzene rings is 1. The van der Waals surface area contributed by atoms with E-state index in [4.69, 9.17) is 21.1 Å². The topological polar surface area (TPSA) is 89.0 Å². The zero-order chi connectivity index (χ0) is 19.6. The van der Waals surface area contributed by atoms with Crippen LogP contribution in [0.1, 0.15) is 33.9 Å². The molecule has 1 aliphatic heterocycles. The van der Waals surface area contributed by atoms with E-state index in [2.05, 4.69) is 4.98 Å². The first-order chi connectivity index (χ1) is 13.0. The standard InChI is InChI=1S/C19H19ClN2O5/c1-26-16-7-11-4-6-22(19(25)12-3-5-21-10-14(12)20)15(9-18(23)24)13(11)8-17(16)27-2/h3,5,7-8,10,15H,4,6,9H2,1-2H3,(H,23,24). The van der Waals surface area contributed by atoms with Crippen LogP contribution >= 0.6 is 11.6 Å². The Morgan fingerprint density at radius 1 is 1.30 bits per heavy atom. The van der Waals surface area contributed by atoms with E-state index in [-0.39, 0.29) is 17.4 Å². The fraction of sp³-hybridized carbons (Fsp3) is 0.316. The Morgan fingerprint density at radius 2 is 2.00 bits per heavy atom. The predicted octanol–water partition coefficient (Wildman–Crippen LogP) is 2.97. The summed E-state index contributed by atoms with van der Waals surface area (Å²) in [6.45, 7) is 0.373. The summed E-state index contributed by atoms with van der Waals surface area (Å²) < 4.78 is 10.7. The Morgan fingerprint density at radius 3 is 2.63 bits per heavy atom. The molecule has 27 heavy (non-hydrogen) atoms. The number of pyridine rings is 1. The van der Waals surface area contributed by atoms with Gasteiger partial charge in [0.1, 0.15) is 0 Å². The van der Waals surface area contributed by atoms with Gasteiger partial charge in [0.2, 0.25) is 0 Å². The summed E-state index contributed by atoms with van der Waals surface area (Å²) in [6, 6.07) is 4.48. The molecule has 1 aliphatic rings. The van der Waals surface area contributed by atoms with Gasteiger partial charge in [-0.25, -0.2) is 0 Å². The molecule has 0 fully saturated rings. The molecule has 0 spiro atoms. The number of ether oxygens (including phenoxy) is 2.